The molecule has 0 aliphatic carbocycles. The third-order valence-corrected chi connectivity index (χ3v) is 7.30. The van der Waals surface area contributed by atoms with Crippen LogP contribution in [0.25, 0.3) is 10.9 Å². The lowest BCUT2D eigenvalue weighted by atomic mass is 10.1. The van der Waals surface area contributed by atoms with E-state index in [4.69, 9.17) is 9.47 Å². The van der Waals surface area contributed by atoms with Gasteiger partial charge in [0.15, 0.2) is 11.5 Å². The standard InChI is InChI=1S/C27H32FN5O3/c1-17-11-20(5-6-22(17)28)31-27-21-12-26(25(35-3)13-23(21)29-16-30-27)36-10-4-8-32-9-7-19-14-33(18(2)34)15-24(19)32/h5-6,11-13,16,19,24H,4,7-10,14-15H2,1-3H3,(H,29,30,31). The van der Waals surface area contributed by atoms with Crippen molar-refractivity contribution in [3.63, 3.8) is 0 Å². The Labute approximate surface area is 210 Å². The van der Waals surface area contributed by atoms with Gasteiger partial charge in [0.25, 0.3) is 0 Å². The molecule has 190 valence electrons. The largest absolute Gasteiger partial charge is 0.493 e. The molecule has 2 aromatic carbocycles. The Morgan fingerprint density at radius 2 is 2.06 bits per heavy atom. The normalized spacial score (nSPS) is 19.5. The van der Waals surface area contributed by atoms with Gasteiger partial charge in [0.2, 0.25) is 5.91 Å². The number of nitrogens with one attached hydrogen (secondary N) is 1. The number of methoxy groups -OCH3 is 1. The van der Waals surface area contributed by atoms with Crippen LogP contribution >= 0.6 is 0 Å². The summed E-state index contributed by atoms with van der Waals surface area (Å²) >= 11 is 0. The quantitative estimate of drug-likeness (QED) is 0.472. The van der Waals surface area contributed by atoms with Gasteiger partial charge in [0, 0.05) is 49.7 Å². The second-order valence-corrected chi connectivity index (χ2v) is 9.61. The van der Waals surface area contributed by atoms with Gasteiger partial charge in [-0.1, -0.05) is 0 Å². The lowest BCUT2D eigenvalue weighted by Crippen LogP contribution is -2.37. The SMILES string of the molecule is COc1cc2ncnc(Nc3ccc(F)c(C)c3)c2cc1OCCCN1CCC2CN(C(C)=O)CC21. The molecule has 2 fully saturated rings. The van der Waals surface area contributed by atoms with E-state index >= 15 is 0 Å². The van der Waals surface area contributed by atoms with E-state index < -0.39 is 0 Å². The van der Waals surface area contributed by atoms with Gasteiger partial charge in [0.05, 0.1) is 19.2 Å². The Balaban J connectivity index is 1.26. The van der Waals surface area contributed by atoms with Gasteiger partial charge in [-0.15, -0.1) is 0 Å². The number of rotatable bonds is 8. The highest BCUT2D eigenvalue weighted by Gasteiger charge is 2.41. The maximum absolute atomic E-state index is 13.7. The van der Waals surface area contributed by atoms with Gasteiger partial charge in [-0.05, 0) is 62.1 Å². The molecular formula is C27H32FN5O3. The van der Waals surface area contributed by atoms with Crippen LogP contribution in [0.5, 0.6) is 11.5 Å². The predicted octanol–water partition coefficient (Wildman–Crippen LogP) is 4.15. The Morgan fingerprint density at radius 1 is 1.19 bits per heavy atom. The Morgan fingerprint density at radius 3 is 2.83 bits per heavy atom. The monoisotopic (exact) mass is 493 g/mol. The number of carbonyl (C=O) groups is 1. The van der Waals surface area contributed by atoms with Gasteiger partial charge in [0.1, 0.15) is 18.0 Å². The maximum Gasteiger partial charge on any atom is 0.219 e. The first-order valence-corrected chi connectivity index (χ1v) is 12.4. The summed E-state index contributed by atoms with van der Waals surface area (Å²) < 4.78 is 25.4. The van der Waals surface area contributed by atoms with Crippen LogP contribution < -0.4 is 14.8 Å². The van der Waals surface area contributed by atoms with Crippen molar-refractivity contribution < 1.29 is 18.7 Å². The van der Waals surface area contributed by atoms with Crippen molar-refractivity contribution in [2.24, 2.45) is 5.92 Å². The molecule has 2 aliphatic rings. The predicted molar refractivity (Wildman–Crippen MR) is 136 cm³/mol. The fourth-order valence-corrected chi connectivity index (χ4v) is 5.33. The highest BCUT2D eigenvalue weighted by atomic mass is 19.1. The molecule has 0 spiro atoms. The van der Waals surface area contributed by atoms with Crippen LogP contribution in [-0.4, -0.2) is 71.6 Å². The molecule has 9 heteroatoms. The topological polar surface area (TPSA) is 79.8 Å². The van der Waals surface area contributed by atoms with E-state index in [1.54, 1.807) is 33.1 Å². The molecule has 2 aliphatic heterocycles. The van der Waals surface area contributed by atoms with E-state index in [0.717, 1.165) is 55.6 Å². The van der Waals surface area contributed by atoms with Gasteiger partial charge in [-0.2, -0.15) is 0 Å². The molecule has 36 heavy (non-hydrogen) atoms. The minimum absolute atomic E-state index is 0.170. The molecule has 0 saturated carbocycles. The number of fused-ring (bicyclic) bond motifs is 2. The number of likely N-dealkylation sites (tertiary alicyclic amines) is 2. The Hall–Kier alpha value is -3.46. The van der Waals surface area contributed by atoms with Crippen LogP contribution in [0.2, 0.25) is 0 Å². The number of ether oxygens (including phenoxy) is 2. The zero-order valence-electron chi connectivity index (χ0n) is 21.0. The second kappa shape index (κ2) is 10.3. The van der Waals surface area contributed by atoms with Crippen LogP contribution in [0.15, 0.2) is 36.7 Å². The molecule has 2 atom stereocenters. The molecule has 1 aromatic heterocycles. The molecule has 8 nitrogen and oxygen atoms in total. The molecule has 3 heterocycles. The second-order valence-electron chi connectivity index (χ2n) is 9.61. The van der Waals surface area contributed by atoms with Crippen molar-refractivity contribution >= 4 is 28.3 Å². The highest BCUT2D eigenvalue weighted by Crippen LogP contribution is 2.35. The molecule has 3 aromatic rings. The van der Waals surface area contributed by atoms with E-state index in [9.17, 15) is 9.18 Å². The summed E-state index contributed by atoms with van der Waals surface area (Å²) in [6, 6.07) is 9.05. The molecule has 2 saturated heterocycles. The number of carbonyl (C=O) groups excluding carboxylic acids is 1. The molecule has 1 amide bonds. The van der Waals surface area contributed by atoms with E-state index in [-0.39, 0.29) is 11.7 Å². The lowest BCUT2D eigenvalue weighted by Gasteiger charge is -2.24. The first-order valence-electron chi connectivity index (χ1n) is 12.4. The molecule has 0 radical (unpaired) electrons. The van der Waals surface area contributed by atoms with Crippen LogP contribution in [0.3, 0.4) is 0 Å². The number of benzene rings is 2. The number of aryl methyl sites for hydroxylation is 1. The van der Waals surface area contributed by atoms with Crippen molar-refractivity contribution in [2.45, 2.75) is 32.7 Å². The number of hydrogen-bond acceptors (Lipinski definition) is 7. The van der Waals surface area contributed by atoms with E-state index in [2.05, 4.69) is 20.2 Å². The summed E-state index contributed by atoms with van der Waals surface area (Å²) in [5.74, 6) is 2.36. The summed E-state index contributed by atoms with van der Waals surface area (Å²) in [5, 5.41) is 4.05. The molecule has 1 N–H and O–H groups in total. The number of nitrogens with zero attached hydrogens (tertiary/aromatic N) is 4. The number of aromatic nitrogens is 2. The zero-order chi connectivity index (χ0) is 25.2. The Bertz CT molecular complexity index is 1270. The summed E-state index contributed by atoms with van der Waals surface area (Å²) in [7, 11) is 1.61. The maximum atomic E-state index is 13.7. The minimum atomic E-state index is -0.248. The summed E-state index contributed by atoms with van der Waals surface area (Å²) in [5.41, 5.74) is 2.02. The fraction of sp³-hybridized carbons (Fsp3) is 0.444. The number of anilines is 2. The number of amides is 1. The molecule has 2 unspecified atom stereocenters. The van der Waals surface area contributed by atoms with E-state index in [0.29, 0.717) is 41.4 Å². The van der Waals surface area contributed by atoms with Crippen LogP contribution in [0.1, 0.15) is 25.3 Å². The summed E-state index contributed by atoms with van der Waals surface area (Å²) in [6.07, 6.45) is 3.51. The summed E-state index contributed by atoms with van der Waals surface area (Å²) in [4.78, 5) is 25.0. The van der Waals surface area contributed by atoms with Crippen molar-refractivity contribution in [2.75, 3.05) is 45.2 Å². The van der Waals surface area contributed by atoms with Crippen LogP contribution in [-0.2, 0) is 4.79 Å². The fourth-order valence-electron chi connectivity index (χ4n) is 5.33. The lowest BCUT2D eigenvalue weighted by molar-refractivity contribution is -0.128. The third-order valence-electron chi connectivity index (χ3n) is 7.30. The van der Waals surface area contributed by atoms with Gasteiger partial charge in [-0.3, -0.25) is 9.69 Å². The van der Waals surface area contributed by atoms with Gasteiger partial charge >= 0.3 is 0 Å². The van der Waals surface area contributed by atoms with Gasteiger partial charge < -0.3 is 19.7 Å². The average Bonchev–Trinajstić information content (AvgIpc) is 3.46. The smallest absolute Gasteiger partial charge is 0.219 e. The highest BCUT2D eigenvalue weighted by molar-refractivity contribution is 5.93. The molecule has 0 bridgehead atoms. The summed E-state index contributed by atoms with van der Waals surface area (Å²) in [6.45, 7) is 7.66. The van der Waals surface area contributed by atoms with E-state index in [1.807, 2.05) is 17.0 Å². The third kappa shape index (κ3) is 4.93. The van der Waals surface area contributed by atoms with Crippen molar-refractivity contribution in [1.82, 2.24) is 19.8 Å². The van der Waals surface area contributed by atoms with Crippen LogP contribution in [0.4, 0.5) is 15.9 Å². The first-order chi connectivity index (χ1) is 17.4. The van der Waals surface area contributed by atoms with Gasteiger partial charge in [-0.25, -0.2) is 14.4 Å². The minimum Gasteiger partial charge on any atom is -0.493 e. The van der Waals surface area contributed by atoms with Crippen molar-refractivity contribution in [3.8, 4) is 11.5 Å². The molecular weight excluding hydrogens is 461 g/mol. The van der Waals surface area contributed by atoms with Crippen molar-refractivity contribution in [3.05, 3.63) is 48.0 Å². The zero-order valence-corrected chi connectivity index (χ0v) is 21.0. The number of halogens is 1. The average molecular weight is 494 g/mol. The number of hydrogen-bond donors (Lipinski definition) is 1. The van der Waals surface area contributed by atoms with Crippen molar-refractivity contribution in [1.29, 1.82) is 0 Å². The van der Waals surface area contributed by atoms with E-state index in [1.165, 1.54) is 12.4 Å². The molecule has 5 rings (SSSR count). The first kappa shape index (κ1) is 24.2. The Kier molecular flexibility index (Phi) is 6.91. The van der Waals surface area contributed by atoms with Crippen LogP contribution in [0, 0.1) is 18.7 Å².